The molecule has 0 fully saturated rings. The summed E-state index contributed by atoms with van der Waals surface area (Å²) in [6.45, 7) is 1.30. The van der Waals surface area contributed by atoms with Crippen LogP contribution < -0.4 is 0 Å². The third-order valence-electron chi connectivity index (χ3n) is 3.86. The smallest absolute Gasteiger partial charge is 0.339 e. The highest BCUT2D eigenvalue weighted by molar-refractivity contribution is 5.98. The van der Waals surface area contributed by atoms with Crippen LogP contribution in [0.25, 0.3) is 0 Å². The van der Waals surface area contributed by atoms with Crippen LogP contribution >= 0.6 is 0 Å². The summed E-state index contributed by atoms with van der Waals surface area (Å²) in [4.78, 5) is 24.0. The fourth-order valence-corrected chi connectivity index (χ4v) is 2.86. The largest absolute Gasteiger partial charge is 0.508 e. The number of Topliss-reactive ketones (excluding diaryl/α,β-unsaturated/α-hetero) is 1. The molecule has 0 radical (unpaired) electrons. The van der Waals surface area contributed by atoms with Crippen LogP contribution in [-0.4, -0.2) is 33.2 Å². The summed E-state index contributed by atoms with van der Waals surface area (Å²) in [5.74, 6) is -2.38. The van der Waals surface area contributed by atoms with Gasteiger partial charge in [0, 0.05) is 11.6 Å². The first kappa shape index (κ1) is 14.9. The Morgan fingerprint density at radius 1 is 1.04 bits per heavy atom. The minimum atomic E-state index is -1.09. The zero-order valence-corrected chi connectivity index (χ0v) is 12.2. The highest BCUT2D eigenvalue weighted by atomic mass is 16.5. The van der Waals surface area contributed by atoms with Crippen molar-refractivity contribution in [3.63, 3.8) is 0 Å². The van der Waals surface area contributed by atoms with Gasteiger partial charge in [0.05, 0.1) is 11.5 Å². The van der Waals surface area contributed by atoms with E-state index >= 15 is 0 Å². The first-order chi connectivity index (χ1) is 10.9. The summed E-state index contributed by atoms with van der Waals surface area (Å²) in [6, 6.07) is 8.37. The lowest BCUT2D eigenvalue weighted by Crippen LogP contribution is -2.37. The number of carbonyl (C=O) groups excluding carboxylic acids is 2. The van der Waals surface area contributed by atoms with Crippen molar-refractivity contribution in [3.05, 3.63) is 53.1 Å². The Labute approximate surface area is 131 Å². The molecule has 2 atom stereocenters. The lowest BCUT2D eigenvalue weighted by molar-refractivity contribution is -0.126. The van der Waals surface area contributed by atoms with E-state index in [1.807, 2.05) is 0 Å². The van der Waals surface area contributed by atoms with E-state index in [2.05, 4.69) is 0 Å². The standard InChI is InChI=1S/C17H14O6/c1-8(18)16-14(9-2-4-10(19)5-3-9)15-12(17(22)23-16)6-11(20)7-13(15)21/h2-7,14,16,19-21H,1H3/t14?,16-/m0/s1. The molecule has 1 aliphatic rings. The molecular formula is C17H14O6. The summed E-state index contributed by atoms with van der Waals surface area (Å²) in [5, 5.41) is 29.2. The molecule has 0 amide bonds. The molecule has 23 heavy (non-hydrogen) atoms. The second kappa shape index (κ2) is 5.31. The van der Waals surface area contributed by atoms with Gasteiger partial charge in [0.25, 0.3) is 0 Å². The van der Waals surface area contributed by atoms with Gasteiger partial charge >= 0.3 is 5.97 Å². The van der Waals surface area contributed by atoms with Crippen LogP contribution in [0.15, 0.2) is 36.4 Å². The van der Waals surface area contributed by atoms with Crippen molar-refractivity contribution in [2.24, 2.45) is 0 Å². The summed E-state index contributed by atoms with van der Waals surface area (Å²) in [6.07, 6.45) is -1.09. The van der Waals surface area contributed by atoms with Crippen molar-refractivity contribution < 1.29 is 29.6 Å². The van der Waals surface area contributed by atoms with E-state index in [1.54, 1.807) is 12.1 Å². The number of fused-ring (bicyclic) bond motifs is 1. The topological polar surface area (TPSA) is 104 Å². The van der Waals surface area contributed by atoms with E-state index in [4.69, 9.17) is 4.74 Å². The third-order valence-corrected chi connectivity index (χ3v) is 3.86. The molecule has 1 aliphatic heterocycles. The van der Waals surface area contributed by atoms with E-state index in [-0.39, 0.29) is 34.2 Å². The van der Waals surface area contributed by atoms with Crippen LogP contribution in [0.2, 0.25) is 0 Å². The van der Waals surface area contributed by atoms with Crippen LogP contribution in [0.5, 0.6) is 17.2 Å². The Hall–Kier alpha value is -3.02. The van der Waals surface area contributed by atoms with Crippen molar-refractivity contribution in [2.45, 2.75) is 18.9 Å². The Morgan fingerprint density at radius 3 is 2.30 bits per heavy atom. The normalized spacial score (nSPS) is 19.8. The number of phenolic OH excluding ortho intramolecular Hbond substituents is 3. The molecule has 0 bridgehead atoms. The Bertz CT molecular complexity index is 793. The minimum absolute atomic E-state index is 0.0121. The highest BCUT2D eigenvalue weighted by Gasteiger charge is 2.41. The maximum Gasteiger partial charge on any atom is 0.339 e. The van der Waals surface area contributed by atoms with Crippen LogP contribution in [0.4, 0.5) is 0 Å². The first-order valence-corrected chi connectivity index (χ1v) is 6.94. The number of benzene rings is 2. The number of hydrogen-bond donors (Lipinski definition) is 3. The zero-order chi connectivity index (χ0) is 16.7. The average Bonchev–Trinajstić information content (AvgIpc) is 2.48. The summed E-state index contributed by atoms with van der Waals surface area (Å²) < 4.78 is 5.21. The number of ketones is 1. The molecule has 1 heterocycles. The van der Waals surface area contributed by atoms with Crippen LogP contribution in [0, 0.1) is 0 Å². The monoisotopic (exact) mass is 314 g/mol. The number of ether oxygens (including phenoxy) is 1. The van der Waals surface area contributed by atoms with Gasteiger partial charge in [-0.05, 0) is 30.7 Å². The predicted octanol–water partition coefficient (Wildman–Crippen LogP) is 2.06. The summed E-state index contributed by atoms with van der Waals surface area (Å²) in [5.41, 5.74) is 0.834. The first-order valence-electron chi connectivity index (χ1n) is 6.94. The van der Waals surface area contributed by atoms with E-state index in [1.165, 1.54) is 25.1 Å². The van der Waals surface area contributed by atoms with E-state index in [0.29, 0.717) is 5.56 Å². The molecule has 2 aromatic carbocycles. The van der Waals surface area contributed by atoms with E-state index in [0.717, 1.165) is 6.07 Å². The Morgan fingerprint density at radius 2 is 1.70 bits per heavy atom. The molecule has 3 rings (SSSR count). The molecule has 0 spiro atoms. The Balaban J connectivity index is 2.25. The van der Waals surface area contributed by atoms with Gasteiger partial charge in [-0.2, -0.15) is 0 Å². The van der Waals surface area contributed by atoms with Crippen LogP contribution in [-0.2, 0) is 9.53 Å². The fourth-order valence-electron chi connectivity index (χ4n) is 2.86. The number of phenols is 3. The van der Waals surface area contributed by atoms with Crippen molar-refractivity contribution in [3.8, 4) is 17.2 Å². The van der Waals surface area contributed by atoms with Gasteiger partial charge in [-0.25, -0.2) is 4.79 Å². The fraction of sp³-hybridized carbons (Fsp3) is 0.176. The molecule has 6 nitrogen and oxygen atoms in total. The number of rotatable bonds is 2. The quantitative estimate of drug-likeness (QED) is 0.733. The number of esters is 1. The summed E-state index contributed by atoms with van der Waals surface area (Å²) >= 11 is 0. The number of cyclic esters (lactones) is 1. The molecule has 1 unspecified atom stereocenters. The molecule has 3 N–H and O–H groups in total. The molecule has 0 saturated carbocycles. The van der Waals surface area contributed by atoms with Gasteiger partial charge < -0.3 is 20.1 Å². The second-order valence-electron chi connectivity index (χ2n) is 5.43. The lowest BCUT2D eigenvalue weighted by atomic mass is 9.80. The van der Waals surface area contributed by atoms with Gasteiger partial charge in [0.15, 0.2) is 11.9 Å². The van der Waals surface area contributed by atoms with Crippen molar-refractivity contribution in [1.82, 2.24) is 0 Å². The van der Waals surface area contributed by atoms with Crippen molar-refractivity contribution in [1.29, 1.82) is 0 Å². The van der Waals surface area contributed by atoms with Crippen molar-refractivity contribution in [2.75, 3.05) is 0 Å². The second-order valence-corrected chi connectivity index (χ2v) is 5.43. The van der Waals surface area contributed by atoms with E-state index < -0.39 is 18.0 Å². The molecule has 118 valence electrons. The van der Waals surface area contributed by atoms with Gasteiger partial charge in [0.2, 0.25) is 0 Å². The van der Waals surface area contributed by atoms with E-state index in [9.17, 15) is 24.9 Å². The minimum Gasteiger partial charge on any atom is -0.508 e. The Kier molecular flexibility index (Phi) is 3.44. The van der Waals surface area contributed by atoms with Gasteiger partial charge in [-0.1, -0.05) is 12.1 Å². The zero-order valence-electron chi connectivity index (χ0n) is 12.2. The number of hydrogen-bond acceptors (Lipinski definition) is 6. The number of carbonyl (C=O) groups is 2. The maximum atomic E-state index is 12.1. The van der Waals surface area contributed by atoms with Crippen molar-refractivity contribution >= 4 is 11.8 Å². The molecule has 0 aliphatic carbocycles. The molecular weight excluding hydrogens is 300 g/mol. The molecule has 0 aromatic heterocycles. The number of aromatic hydroxyl groups is 3. The van der Waals surface area contributed by atoms with Crippen LogP contribution in [0.1, 0.15) is 34.3 Å². The highest BCUT2D eigenvalue weighted by Crippen LogP contribution is 2.43. The molecule has 2 aromatic rings. The predicted molar refractivity (Wildman–Crippen MR) is 79.6 cm³/mol. The van der Waals surface area contributed by atoms with Crippen LogP contribution in [0.3, 0.4) is 0 Å². The maximum absolute atomic E-state index is 12.1. The SMILES string of the molecule is CC(=O)[C@@H]1OC(=O)c2cc(O)cc(O)c2C1c1ccc(O)cc1. The molecule has 0 saturated heterocycles. The average molecular weight is 314 g/mol. The molecule has 6 heteroatoms. The van der Waals surface area contributed by atoms with Gasteiger partial charge in [-0.3, -0.25) is 4.79 Å². The van der Waals surface area contributed by atoms with Gasteiger partial charge in [0.1, 0.15) is 17.2 Å². The van der Waals surface area contributed by atoms with Gasteiger partial charge in [-0.15, -0.1) is 0 Å². The third kappa shape index (κ3) is 2.48. The summed E-state index contributed by atoms with van der Waals surface area (Å²) in [7, 11) is 0. The lowest BCUT2D eigenvalue weighted by Gasteiger charge is -2.32.